The molecule has 0 amide bonds. The van der Waals surface area contributed by atoms with Crippen LogP contribution in [0.15, 0.2) is 309 Å². The van der Waals surface area contributed by atoms with Gasteiger partial charge in [-0.15, -0.1) is 0 Å². The molecule has 5 heteroatoms. The second-order valence-electron chi connectivity index (χ2n) is 23.5. The molecule has 0 aliphatic carbocycles. The van der Waals surface area contributed by atoms with Crippen molar-refractivity contribution in [2.24, 2.45) is 0 Å². The van der Waals surface area contributed by atoms with Crippen molar-refractivity contribution < 1.29 is 0 Å². The summed E-state index contributed by atoms with van der Waals surface area (Å²) >= 11 is 0. The van der Waals surface area contributed by atoms with Gasteiger partial charge in [-0.2, -0.15) is 0 Å². The number of nitrogens with zero attached hydrogens (tertiary/aromatic N) is 5. The van der Waals surface area contributed by atoms with Gasteiger partial charge in [-0.05, 0) is 138 Å². The van der Waals surface area contributed by atoms with Crippen molar-refractivity contribution in [2.45, 2.75) is 13.8 Å². The molecule has 0 radical (unpaired) electrons. The quantitative estimate of drug-likeness (QED) is 0.137. The molecule has 4 aromatic heterocycles. The number of rotatable bonds is 10. The smallest absolute Gasteiger partial charge is 0.160 e. The maximum absolute atomic E-state index is 5.54. The number of benzene rings is 13. The lowest BCUT2D eigenvalue weighted by atomic mass is 9.91. The molecule has 0 unspecified atom stereocenters. The minimum atomic E-state index is 0.663. The molecule has 17 aromatic rings. The van der Waals surface area contributed by atoms with Crippen molar-refractivity contribution in [1.29, 1.82) is 0 Å². The molecule has 418 valence electrons. The summed E-state index contributed by atoms with van der Waals surface area (Å²) in [4.78, 5) is 10.8. The van der Waals surface area contributed by atoms with Crippen LogP contribution in [-0.2, 0) is 0 Å². The summed E-state index contributed by atoms with van der Waals surface area (Å²) in [5.41, 5.74) is 26.2. The van der Waals surface area contributed by atoms with Crippen LogP contribution >= 0.6 is 0 Å². The van der Waals surface area contributed by atoms with Crippen LogP contribution in [0, 0.1) is 13.8 Å². The maximum Gasteiger partial charge on any atom is 0.160 e. The predicted molar refractivity (Wildman–Crippen MR) is 373 cm³/mol. The Hall–Kier alpha value is -11.7. The lowest BCUT2D eigenvalue weighted by Gasteiger charge is -2.22. The van der Waals surface area contributed by atoms with E-state index in [2.05, 4.69) is 331 Å². The molecule has 89 heavy (non-hydrogen) atoms. The minimum absolute atomic E-state index is 0.663. The summed E-state index contributed by atoms with van der Waals surface area (Å²) in [6.07, 6.45) is 0. The van der Waals surface area contributed by atoms with Crippen LogP contribution in [-0.4, -0.2) is 23.7 Å². The number of hydrogen-bond acceptors (Lipinski definition) is 2. The number of aromatic nitrogens is 5. The van der Waals surface area contributed by atoms with Gasteiger partial charge in [0.15, 0.2) is 5.82 Å². The van der Waals surface area contributed by atoms with Gasteiger partial charge in [0.1, 0.15) is 0 Å². The van der Waals surface area contributed by atoms with Crippen LogP contribution in [0.4, 0.5) is 0 Å². The Kier molecular flexibility index (Phi) is 12.3. The molecule has 0 spiro atoms. The third kappa shape index (κ3) is 8.85. The zero-order valence-electron chi connectivity index (χ0n) is 49.2. The highest BCUT2D eigenvalue weighted by molar-refractivity contribution is 6.14. The molecule has 0 bridgehead atoms. The standard InChI is InChI=1S/C84H57N5/c1-54-19-17-25-60(47-54)62-39-45-81-73(49-62)74-50-63(61-26-18-20-55(2)48-61)40-46-82(74)89(81)83-71(56-35-41-65(42-36-56)87-77-31-13-9-27-67(77)68-28-10-14-32-78(68)87)51-64(76-53-75(58-21-5-3-6-22-58)85-84(86-76)59-23-7-4-8-24-59)52-72(83)57-37-43-66(44-38-57)88-79-33-15-11-29-69(79)70-30-12-16-34-80(70)88/h3-53H,1-2H3. The fourth-order valence-corrected chi connectivity index (χ4v) is 13.8. The Labute approximate surface area is 516 Å². The summed E-state index contributed by atoms with van der Waals surface area (Å²) in [6, 6.07) is 113. The van der Waals surface area contributed by atoms with Gasteiger partial charge < -0.3 is 13.7 Å². The first-order valence-electron chi connectivity index (χ1n) is 30.5. The average Bonchev–Trinajstić information content (AvgIpc) is 1.68. The van der Waals surface area contributed by atoms with Gasteiger partial charge in [0.2, 0.25) is 0 Å². The topological polar surface area (TPSA) is 40.6 Å². The number of para-hydroxylation sites is 4. The Morgan fingerprint density at radius 1 is 0.225 bits per heavy atom. The summed E-state index contributed by atoms with van der Waals surface area (Å²) in [5, 5.41) is 7.27. The van der Waals surface area contributed by atoms with Crippen molar-refractivity contribution >= 4 is 65.4 Å². The van der Waals surface area contributed by atoms with Crippen molar-refractivity contribution in [3.8, 4) is 95.5 Å². The summed E-state index contributed by atoms with van der Waals surface area (Å²) < 4.78 is 7.35. The third-order valence-corrected chi connectivity index (χ3v) is 18.0. The van der Waals surface area contributed by atoms with E-state index in [9.17, 15) is 0 Å². The van der Waals surface area contributed by atoms with Crippen LogP contribution in [0.1, 0.15) is 11.1 Å². The molecular formula is C84H57N5. The third-order valence-electron chi connectivity index (χ3n) is 18.0. The van der Waals surface area contributed by atoms with E-state index >= 15 is 0 Å². The summed E-state index contributed by atoms with van der Waals surface area (Å²) in [5.74, 6) is 0.663. The zero-order chi connectivity index (χ0) is 59.1. The largest absolute Gasteiger partial charge is 0.309 e. The van der Waals surface area contributed by atoms with Gasteiger partial charge in [0.25, 0.3) is 0 Å². The Morgan fingerprint density at radius 3 is 1.00 bits per heavy atom. The fraction of sp³-hybridized carbons (Fsp3) is 0.0238. The van der Waals surface area contributed by atoms with Crippen LogP contribution in [0.2, 0.25) is 0 Å². The Balaban J connectivity index is 0.977. The highest BCUT2D eigenvalue weighted by atomic mass is 15.0. The van der Waals surface area contributed by atoms with E-state index in [1.54, 1.807) is 0 Å². The monoisotopic (exact) mass is 1140 g/mol. The molecule has 13 aromatic carbocycles. The molecule has 4 heterocycles. The molecular weight excluding hydrogens is 1080 g/mol. The minimum Gasteiger partial charge on any atom is -0.309 e. The lowest BCUT2D eigenvalue weighted by molar-refractivity contribution is 1.16. The molecule has 0 saturated carbocycles. The van der Waals surface area contributed by atoms with Crippen LogP contribution in [0.25, 0.3) is 161 Å². The van der Waals surface area contributed by atoms with Crippen molar-refractivity contribution in [3.63, 3.8) is 0 Å². The van der Waals surface area contributed by atoms with Crippen molar-refractivity contribution in [2.75, 3.05) is 0 Å². The molecule has 0 fully saturated rings. The first-order chi connectivity index (χ1) is 43.9. The second-order valence-corrected chi connectivity index (χ2v) is 23.5. The van der Waals surface area contributed by atoms with E-state index in [-0.39, 0.29) is 0 Å². The Bertz CT molecular complexity index is 5170. The Morgan fingerprint density at radius 2 is 0.573 bits per heavy atom. The second kappa shape index (κ2) is 21.1. The summed E-state index contributed by atoms with van der Waals surface area (Å²) in [6.45, 7) is 4.35. The molecule has 0 saturated heterocycles. The maximum atomic E-state index is 5.54. The zero-order valence-corrected chi connectivity index (χ0v) is 49.2. The van der Waals surface area contributed by atoms with Crippen molar-refractivity contribution in [3.05, 3.63) is 321 Å². The highest BCUT2D eigenvalue weighted by Crippen LogP contribution is 2.47. The molecule has 0 aliphatic rings. The molecule has 17 rings (SSSR count). The molecule has 0 atom stereocenters. The van der Waals surface area contributed by atoms with E-state index in [1.807, 2.05) is 6.07 Å². The van der Waals surface area contributed by atoms with Gasteiger partial charge in [-0.1, -0.05) is 230 Å². The fourth-order valence-electron chi connectivity index (χ4n) is 13.8. The van der Waals surface area contributed by atoms with E-state index < -0.39 is 0 Å². The first-order valence-corrected chi connectivity index (χ1v) is 30.5. The van der Waals surface area contributed by atoms with Gasteiger partial charge in [0, 0.05) is 71.5 Å². The predicted octanol–water partition coefficient (Wildman–Crippen LogP) is 22.1. The average molecular weight is 1140 g/mol. The first kappa shape index (κ1) is 51.7. The van der Waals surface area contributed by atoms with E-state index in [0.29, 0.717) is 5.82 Å². The normalized spacial score (nSPS) is 11.7. The lowest BCUT2D eigenvalue weighted by Crippen LogP contribution is -2.03. The highest BCUT2D eigenvalue weighted by Gasteiger charge is 2.25. The number of fused-ring (bicyclic) bond motifs is 9. The molecule has 0 aliphatic heterocycles. The van der Waals surface area contributed by atoms with Gasteiger partial charge in [-0.25, -0.2) is 9.97 Å². The summed E-state index contributed by atoms with van der Waals surface area (Å²) in [7, 11) is 0. The van der Waals surface area contributed by atoms with E-state index in [0.717, 1.165) is 78.4 Å². The number of aryl methyl sites for hydroxylation is 2. The van der Waals surface area contributed by atoms with Gasteiger partial charge in [0.05, 0.1) is 50.2 Å². The van der Waals surface area contributed by atoms with E-state index in [4.69, 9.17) is 9.97 Å². The van der Waals surface area contributed by atoms with E-state index in [1.165, 1.54) is 87.8 Å². The van der Waals surface area contributed by atoms with Crippen LogP contribution in [0.5, 0.6) is 0 Å². The number of hydrogen-bond donors (Lipinski definition) is 0. The van der Waals surface area contributed by atoms with Crippen LogP contribution in [0.3, 0.4) is 0 Å². The van der Waals surface area contributed by atoms with Gasteiger partial charge >= 0.3 is 0 Å². The molecule has 5 nitrogen and oxygen atoms in total. The van der Waals surface area contributed by atoms with Crippen LogP contribution < -0.4 is 0 Å². The van der Waals surface area contributed by atoms with Gasteiger partial charge in [-0.3, -0.25) is 0 Å². The van der Waals surface area contributed by atoms with Crippen molar-refractivity contribution in [1.82, 2.24) is 23.7 Å². The molecule has 0 N–H and O–H groups in total. The SMILES string of the molecule is Cc1cccc(-c2ccc3c(c2)c2cc(-c4cccc(C)c4)ccc2n3-c2c(-c3ccc(-n4c5ccccc5c5ccccc54)cc3)cc(-c3cc(-c4ccccc4)nc(-c4ccccc4)n3)cc2-c2ccc(-n3c4ccccc4c4ccccc43)cc2)c1.